The molecule has 14 heteroatoms. The lowest BCUT2D eigenvalue weighted by molar-refractivity contribution is -0.308. The van der Waals surface area contributed by atoms with Gasteiger partial charge in [-0.15, -0.1) is 0 Å². The van der Waals surface area contributed by atoms with E-state index in [4.69, 9.17) is 16.3 Å². The van der Waals surface area contributed by atoms with E-state index in [1.165, 1.54) is 19.9 Å². The molecule has 0 aliphatic carbocycles. The highest BCUT2D eigenvalue weighted by atomic mass is 35.5. The maximum Gasteiger partial charge on any atom is 0.434 e. The summed E-state index contributed by atoms with van der Waals surface area (Å²) in [6, 6.07) is 4.69. The molecule has 1 amide bonds. The van der Waals surface area contributed by atoms with Gasteiger partial charge in [-0.1, -0.05) is 17.7 Å². The number of aliphatic hydroxyl groups is 2. The van der Waals surface area contributed by atoms with Crippen molar-refractivity contribution in [2.75, 3.05) is 26.2 Å². The highest BCUT2D eigenvalue weighted by molar-refractivity contribution is 6.30. The minimum absolute atomic E-state index is 0.131. The molecule has 0 radical (unpaired) electrons. The maximum atomic E-state index is 12.6. The number of aliphatic hydroxyl groups excluding tert-OH is 1. The molecule has 1 aromatic rings. The number of ether oxygens (including phenoxy) is 2. The predicted molar refractivity (Wildman–Crippen MR) is 104 cm³/mol. The molecule has 1 aliphatic heterocycles. The summed E-state index contributed by atoms with van der Waals surface area (Å²) in [6.07, 6.45) is -19.3. The summed E-state index contributed by atoms with van der Waals surface area (Å²) in [5.74, 6) is 0.264. The molecule has 2 N–H and O–H groups in total. The largest absolute Gasteiger partial charge is 0.482 e. The van der Waals surface area contributed by atoms with E-state index in [0.29, 0.717) is 10.6 Å². The summed E-state index contributed by atoms with van der Waals surface area (Å²) in [7, 11) is 0. The fraction of sp³-hybridized carbons (Fsp3) is 0.632. The molecule has 1 saturated heterocycles. The Morgan fingerprint density at radius 2 is 1.61 bits per heavy atom. The van der Waals surface area contributed by atoms with Crippen LogP contribution in [-0.4, -0.2) is 82.6 Å². The van der Waals surface area contributed by atoms with Crippen molar-refractivity contribution in [1.82, 2.24) is 9.80 Å². The van der Waals surface area contributed by atoms with Crippen LogP contribution >= 0.6 is 11.6 Å². The first-order valence-electron chi connectivity index (χ1n) is 9.65. The average molecular weight is 509 g/mol. The van der Waals surface area contributed by atoms with Gasteiger partial charge in [-0.05, 0) is 26.0 Å². The third-order valence-corrected chi connectivity index (χ3v) is 5.10. The number of amides is 1. The van der Waals surface area contributed by atoms with E-state index in [1.807, 2.05) is 0 Å². The van der Waals surface area contributed by atoms with E-state index in [-0.39, 0.29) is 38.5 Å². The molecule has 0 atom stereocenters. The van der Waals surface area contributed by atoms with E-state index < -0.39 is 36.4 Å². The molecule has 188 valence electrons. The van der Waals surface area contributed by atoms with Gasteiger partial charge < -0.3 is 24.6 Å². The van der Waals surface area contributed by atoms with Crippen LogP contribution in [0.15, 0.2) is 18.2 Å². The number of hydrogen-bond acceptors (Lipinski definition) is 6. The lowest BCUT2D eigenvalue weighted by atomic mass is 10.1. The van der Waals surface area contributed by atoms with Gasteiger partial charge in [0.25, 0.3) is 6.10 Å². The topological polar surface area (TPSA) is 82.5 Å². The van der Waals surface area contributed by atoms with Gasteiger partial charge in [0.15, 0.2) is 11.9 Å². The summed E-state index contributed by atoms with van der Waals surface area (Å²) in [5.41, 5.74) is -0.770. The zero-order valence-corrected chi connectivity index (χ0v) is 18.3. The fourth-order valence-electron chi connectivity index (χ4n) is 2.91. The van der Waals surface area contributed by atoms with Gasteiger partial charge in [-0.2, -0.15) is 26.3 Å². The van der Waals surface area contributed by atoms with Crippen molar-refractivity contribution in [2.45, 2.75) is 50.7 Å². The quantitative estimate of drug-likeness (QED) is 0.452. The SMILES string of the molecule is CC(C)(Oc1cc(Cl)ccc1CN1CCN(C(=O)OC(C(F)(F)F)C(F)(F)F)CC1)C(O)O. The minimum atomic E-state index is -5.78. The van der Waals surface area contributed by atoms with E-state index >= 15 is 0 Å². The third kappa shape index (κ3) is 7.52. The Bertz CT molecular complexity index is 812. The second-order valence-electron chi connectivity index (χ2n) is 7.94. The van der Waals surface area contributed by atoms with Crippen molar-refractivity contribution < 1.29 is 50.8 Å². The summed E-state index contributed by atoms with van der Waals surface area (Å²) >= 11 is 5.99. The van der Waals surface area contributed by atoms with Gasteiger partial charge in [0, 0.05) is 43.3 Å². The standard InChI is InChI=1S/C19H23ClF6N2O5/c1-17(2,15(29)30)33-13-9-12(20)4-3-11(13)10-27-5-7-28(8-6-27)16(31)32-14(18(21,22)23)19(24,25)26/h3-4,9,14-15,29-30H,5-8,10H2,1-2H3. The number of piperazine rings is 1. The van der Waals surface area contributed by atoms with Crippen molar-refractivity contribution in [1.29, 1.82) is 0 Å². The molecular weight excluding hydrogens is 486 g/mol. The van der Waals surface area contributed by atoms with Crippen LogP contribution in [0, 0.1) is 0 Å². The number of alkyl halides is 6. The molecule has 33 heavy (non-hydrogen) atoms. The van der Waals surface area contributed by atoms with Gasteiger partial charge >= 0.3 is 18.4 Å². The van der Waals surface area contributed by atoms with E-state index in [1.54, 1.807) is 17.0 Å². The Kier molecular flexibility index (Phi) is 8.37. The molecule has 0 bridgehead atoms. The molecular formula is C19H23ClF6N2O5. The first-order valence-corrected chi connectivity index (χ1v) is 10.0. The van der Waals surface area contributed by atoms with Crippen molar-refractivity contribution >= 4 is 17.7 Å². The molecule has 7 nitrogen and oxygen atoms in total. The van der Waals surface area contributed by atoms with Gasteiger partial charge in [-0.3, -0.25) is 4.90 Å². The highest BCUT2D eigenvalue weighted by Gasteiger charge is 2.60. The molecule has 0 spiro atoms. The summed E-state index contributed by atoms with van der Waals surface area (Å²) < 4.78 is 85.0. The maximum absolute atomic E-state index is 12.6. The van der Waals surface area contributed by atoms with Crippen LogP contribution in [0.25, 0.3) is 0 Å². The number of carbonyl (C=O) groups is 1. The second kappa shape index (κ2) is 10.1. The van der Waals surface area contributed by atoms with Gasteiger partial charge in [0.2, 0.25) is 0 Å². The lowest BCUT2D eigenvalue weighted by Gasteiger charge is -2.36. The van der Waals surface area contributed by atoms with Crippen LogP contribution in [0.1, 0.15) is 19.4 Å². The Balaban J connectivity index is 2.02. The number of nitrogens with zero attached hydrogens (tertiary/aromatic N) is 2. The van der Waals surface area contributed by atoms with Crippen molar-refractivity contribution in [3.05, 3.63) is 28.8 Å². The van der Waals surface area contributed by atoms with Crippen molar-refractivity contribution in [3.8, 4) is 5.75 Å². The summed E-state index contributed by atoms with van der Waals surface area (Å²) in [6.45, 7) is 3.07. The van der Waals surface area contributed by atoms with Crippen LogP contribution < -0.4 is 4.74 Å². The smallest absolute Gasteiger partial charge is 0.434 e. The lowest BCUT2D eigenvalue weighted by Crippen LogP contribution is -2.52. The summed E-state index contributed by atoms with van der Waals surface area (Å²) in [5, 5.41) is 19.3. The predicted octanol–water partition coefficient (Wildman–Crippen LogP) is 3.56. The Hall–Kier alpha value is -1.96. The second-order valence-corrected chi connectivity index (χ2v) is 8.38. The highest BCUT2D eigenvalue weighted by Crippen LogP contribution is 2.36. The molecule has 0 unspecified atom stereocenters. The van der Waals surface area contributed by atoms with Crippen molar-refractivity contribution in [3.63, 3.8) is 0 Å². The molecule has 2 rings (SSSR count). The van der Waals surface area contributed by atoms with E-state index in [9.17, 15) is 41.4 Å². The van der Waals surface area contributed by atoms with E-state index in [2.05, 4.69) is 4.74 Å². The minimum Gasteiger partial charge on any atom is -0.482 e. The molecule has 1 aliphatic rings. The average Bonchev–Trinajstić information content (AvgIpc) is 2.66. The Labute approximate surface area is 190 Å². The number of halogens is 7. The first kappa shape index (κ1) is 27.3. The zero-order chi connectivity index (χ0) is 25.2. The number of rotatable bonds is 6. The van der Waals surface area contributed by atoms with Crippen LogP contribution in [-0.2, 0) is 11.3 Å². The number of hydrogen-bond donors (Lipinski definition) is 2. The number of benzene rings is 1. The van der Waals surface area contributed by atoms with E-state index in [0.717, 1.165) is 4.90 Å². The first-order chi connectivity index (χ1) is 15.0. The fourth-order valence-corrected chi connectivity index (χ4v) is 3.08. The summed E-state index contributed by atoms with van der Waals surface area (Å²) in [4.78, 5) is 14.4. The molecule has 0 aromatic heterocycles. The molecule has 1 aromatic carbocycles. The van der Waals surface area contributed by atoms with Crippen LogP contribution in [0.4, 0.5) is 31.1 Å². The van der Waals surface area contributed by atoms with Crippen LogP contribution in [0.2, 0.25) is 5.02 Å². The van der Waals surface area contributed by atoms with Gasteiger partial charge in [0.05, 0.1) is 0 Å². The zero-order valence-electron chi connectivity index (χ0n) is 17.6. The van der Waals surface area contributed by atoms with Gasteiger partial charge in [0.1, 0.15) is 5.75 Å². The molecule has 1 heterocycles. The van der Waals surface area contributed by atoms with Crippen molar-refractivity contribution in [2.24, 2.45) is 0 Å². The molecule has 1 fully saturated rings. The van der Waals surface area contributed by atoms with Crippen LogP contribution in [0.3, 0.4) is 0 Å². The monoisotopic (exact) mass is 508 g/mol. The Morgan fingerprint density at radius 1 is 1.06 bits per heavy atom. The van der Waals surface area contributed by atoms with Crippen LogP contribution in [0.5, 0.6) is 5.75 Å². The normalized spacial score (nSPS) is 16.5. The number of carbonyl (C=O) groups excluding carboxylic acids is 1. The Morgan fingerprint density at radius 3 is 2.09 bits per heavy atom. The van der Waals surface area contributed by atoms with Gasteiger partial charge in [-0.25, -0.2) is 4.79 Å². The molecule has 0 saturated carbocycles. The third-order valence-electron chi connectivity index (χ3n) is 4.86.